The van der Waals surface area contributed by atoms with Gasteiger partial charge in [0, 0.05) is 13.7 Å². The van der Waals surface area contributed by atoms with Crippen LogP contribution in [-0.2, 0) is 24.4 Å². The maximum absolute atomic E-state index is 11.9. The Morgan fingerprint density at radius 1 is 1.25 bits per heavy atom. The molecule has 0 saturated heterocycles. The summed E-state index contributed by atoms with van der Waals surface area (Å²) in [5, 5.41) is 2.82. The third kappa shape index (κ3) is 3.46. The lowest BCUT2D eigenvalue weighted by Crippen LogP contribution is -2.23. The predicted molar refractivity (Wildman–Crippen MR) is 74.9 cm³/mol. The van der Waals surface area contributed by atoms with E-state index in [2.05, 4.69) is 5.32 Å². The van der Waals surface area contributed by atoms with Crippen LogP contribution in [0.5, 0.6) is 0 Å². The van der Waals surface area contributed by atoms with Gasteiger partial charge in [-0.1, -0.05) is 24.3 Å². The maximum Gasteiger partial charge on any atom is 0.287 e. The van der Waals surface area contributed by atoms with Gasteiger partial charge in [0.2, 0.25) is 0 Å². The van der Waals surface area contributed by atoms with E-state index in [1.165, 1.54) is 0 Å². The van der Waals surface area contributed by atoms with Crippen LogP contribution in [0.15, 0.2) is 40.8 Å². The first-order chi connectivity index (χ1) is 9.74. The molecule has 1 aromatic heterocycles. The highest BCUT2D eigenvalue weighted by atomic mass is 16.5. The second kappa shape index (κ2) is 6.88. The van der Waals surface area contributed by atoms with Crippen molar-refractivity contribution >= 4 is 5.91 Å². The summed E-state index contributed by atoms with van der Waals surface area (Å²) in [7, 11) is 1.65. The second-order valence-corrected chi connectivity index (χ2v) is 4.35. The summed E-state index contributed by atoms with van der Waals surface area (Å²) in [5.74, 6) is 0.613. The number of amides is 1. The topological polar surface area (TPSA) is 77.5 Å². The molecule has 1 aromatic carbocycles. The number of carbonyl (C=O) groups excluding carboxylic acids is 1. The zero-order valence-corrected chi connectivity index (χ0v) is 11.4. The summed E-state index contributed by atoms with van der Waals surface area (Å²) in [6.07, 6.45) is 0. The average molecular weight is 274 g/mol. The Kier molecular flexibility index (Phi) is 4.92. The molecule has 0 aliphatic heterocycles. The summed E-state index contributed by atoms with van der Waals surface area (Å²) in [6, 6.07) is 11.1. The van der Waals surface area contributed by atoms with Crippen molar-refractivity contribution in [2.75, 3.05) is 7.11 Å². The second-order valence-electron chi connectivity index (χ2n) is 4.35. The first-order valence-corrected chi connectivity index (χ1v) is 6.37. The molecule has 5 nitrogen and oxygen atoms in total. The third-order valence-corrected chi connectivity index (χ3v) is 2.94. The molecule has 1 heterocycles. The molecular formula is C15H18N2O3. The molecule has 20 heavy (non-hydrogen) atoms. The number of rotatable bonds is 6. The standard InChI is InChI=1S/C15H18N2O3/c1-19-10-12-5-3-2-4-11(12)9-17-15(18)14-7-6-13(8-16)20-14/h2-7H,8-10,16H2,1H3,(H,17,18). The summed E-state index contributed by atoms with van der Waals surface area (Å²) in [4.78, 5) is 11.9. The number of carbonyl (C=O) groups is 1. The number of furan rings is 1. The van der Waals surface area contributed by atoms with Gasteiger partial charge in [-0.25, -0.2) is 0 Å². The van der Waals surface area contributed by atoms with E-state index in [1.807, 2.05) is 24.3 Å². The van der Waals surface area contributed by atoms with Crippen molar-refractivity contribution < 1.29 is 13.9 Å². The monoisotopic (exact) mass is 274 g/mol. The quantitative estimate of drug-likeness (QED) is 0.842. The van der Waals surface area contributed by atoms with E-state index in [4.69, 9.17) is 14.9 Å². The molecule has 0 atom stereocenters. The van der Waals surface area contributed by atoms with Crippen molar-refractivity contribution in [1.82, 2.24) is 5.32 Å². The highest BCUT2D eigenvalue weighted by Gasteiger charge is 2.11. The lowest BCUT2D eigenvalue weighted by atomic mass is 10.1. The molecular weight excluding hydrogens is 256 g/mol. The summed E-state index contributed by atoms with van der Waals surface area (Å²) >= 11 is 0. The van der Waals surface area contributed by atoms with Crippen LogP contribution < -0.4 is 11.1 Å². The van der Waals surface area contributed by atoms with Crippen LogP contribution in [0, 0.1) is 0 Å². The SMILES string of the molecule is COCc1ccccc1CNC(=O)c1ccc(CN)o1. The molecule has 106 valence electrons. The number of nitrogens with two attached hydrogens (primary N) is 1. The number of hydrogen-bond acceptors (Lipinski definition) is 4. The number of ether oxygens (including phenoxy) is 1. The van der Waals surface area contributed by atoms with Gasteiger partial charge in [0.1, 0.15) is 5.76 Å². The molecule has 0 spiro atoms. The normalized spacial score (nSPS) is 10.5. The van der Waals surface area contributed by atoms with Gasteiger partial charge < -0.3 is 20.2 Å². The van der Waals surface area contributed by atoms with Crippen LogP contribution in [0.2, 0.25) is 0 Å². The summed E-state index contributed by atoms with van der Waals surface area (Å²) in [5.41, 5.74) is 7.52. The molecule has 2 aromatic rings. The summed E-state index contributed by atoms with van der Waals surface area (Å²) in [6.45, 7) is 1.23. The van der Waals surface area contributed by atoms with Gasteiger partial charge >= 0.3 is 0 Å². The van der Waals surface area contributed by atoms with Crippen LogP contribution in [0.4, 0.5) is 0 Å². The van der Waals surface area contributed by atoms with Crippen LogP contribution in [0.3, 0.4) is 0 Å². The fourth-order valence-electron chi connectivity index (χ4n) is 1.90. The molecule has 0 aliphatic carbocycles. The Morgan fingerprint density at radius 3 is 2.65 bits per heavy atom. The molecule has 1 amide bonds. The van der Waals surface area contributed by atoms with Gasteiger partial charge in [-0.2, -0.15) is 0 Å². The lowest BCUT2D eigenvalue weighted by Gasteiger charge is -2.09. The van der Waals surface area contributed by atoms with Crippen molar-refractivity contribution in [2.45, 2.75) is 19.7 Å². The van der Waals surface area contributed by atoms with E-state index < -0.39 is 0 Å². The minimum absolute atomic E-state index is 0.253. The number of benzene rings is 1. The van der Waals surface area contributed by atoms with Gasteiger partial charge in [-0.15, -0.1) is 0 Å². The van der Waals surface area contributed by atoms with E-state index in [-0.39, 0.29) is 18.2 Å². The smallest absolute Gasteiger partial charge is 0.287 e. The van der Waals surface area contributed by atoms with Crippen LogP contribution in [0.25, 0.3) is 0 Å². The summed E-state index contributed by atoms with van der Waals surface area (Å²) < 4.78 is 10.4. The van der Waals surface area contributed by atoms with E-state index in [0.717, 1.165) is 11.1 Å². The molecule has 0 fully saturated rings. The first kappa shape index (κ1) is 14.3. The Balaban J connectivity index is 1.99. The molecule has 0 aliphatic rings. The van der Waals surface area contributed by atoms with Crippen molar-refractivity contribution in [1.29, 1.82) is 0 Å². The van der Waals surface area contributed by atoms with Crippen LogP contribution in [-0.4, -0.2) is 13.0 Å². The largest absolute Gasteiger partial charge is 0.455 e. The fourth-order valence-corrected chi connectivity index (χ4v) is 1.90. The van der Waals surface area contributed by atoms with E-state index in [0.29, 0.717) is 18.9 Å². The lowest BCUT2D eigenvalue weighted by molar-refractivity contribution is 0.0921. The molecule has 0 radical (unpaired) electrons. The highest BCUT2D eigenvalue weighted by Crippen LogP contribution is 2.11. The number of methoxy groups -OCH3 is 1. The molecule has 0 bridgehead atoms. The molecule has 0 unspecified atom stereocenters. The Hall–Kier alpha value is -2.11. The van der Waals surface area contributed by atoms with Gasteiger partial charge in [-0.05, 0) is 23.3 Å². The molecule has 5 heteroatoms. The Bertz CT molecular complexity index is 578. The van der Waals surface area contributed by atoms with Gasteiger partial charge in [-0.3, -0.25) is 4.79 Å². The Labute approximate surface area is 117 Å². The van der Waals surface area contributed by atoms with Crippen molar-refractivity contribution in [3.63, 3.8) is 0 Å². The average Bonchev–Trinajstić information content (AvgIpc) is 2.95. The van der Waals surface area contributed by atoms with E-state index >= 15 is 0 Å². The minimum atomic E-state index is -0.253. The van der Waals surface area contributed by atoms with E-state index in [9.17, 15) is 4.79 Å². The minimum Gasteiger partial charge on any atom is -0.455 e. The van der Waals surface area contributed by atoms with Crippen molar-refractivity contribution in [3.05, 3.63) is 59.0 Å². The van der Waals surface area contributed by atoms with Crippen LogP contribution in [0.1, 0.15) is 27.4 Å². The van der Waals surface area contributed by atoms with Crippen molar-refractivity contribution in [3.8, 4) is 0 Å². The predicted octanol–water partition coefficient (Wildman–Crippen LogP) is 1.81. The molecule has 0 saturated carbocycles. The van der Waals surface area contributed by atoms with Crippen LogP contribution >= 0.6 is 0 Å². The zero-order chi connectivity index (χ0) is 14.4. The first-order valence-electron chi connectivity index (χ1n) is 6.37. The molecule has 2 rings (SSSR count). The zero-order valence-electron chi connectivity index (χ0n) is 11.4. The maximum atomic E-state index is 11.9. The van der Waals surface area contributed by atoms with Gasteiger partial charge in [0.25, 0.3) is 5.91 Å². The Morgan fingerprint density at radius 2 is 2.00 bits per heavy atom. The number of hydrogen-bond donors (Lipinski definition) is 2. The number of nitrogens with one attached hydrogen (secondary N) is 1. The van der Waals surface area contributed by atoms with Crippen molar-refractivity contribution in [2.24, 2.45) is 5.73 Å². The highest BCUT2D eigenvalue weighted by molar-refractivity contribution is 5.91. The third-order valence-electron chi connectivity index (χ3n) is 2.94. The van der Waals surface area contributed by atoms with Gasteiger partial charge in [0.15, 0.2) is 5.76 Å². The fraction of sp³-hybridized carbons (Fsp3) is 0.267. The van der Waals surface area contributed by atoms with E-state index in [1.54, 1.807) is 19.2 Å². The molecule has 3 N–H and O–H groups in total. The van der Waals surface area contributed by atoms with Gasteiger partial charge in [0.05, 0.1) is 13.2 Å².